The van der Waals surface area contributed by atoms with Gasteiger partial charge in [-0.2, -0.15) is 8.42 Å². The number of carbonyl (C=O) groups excluding carboxylic acids is 3. The molecule has 1 heterocycles. The standard InChI is InChI=1S/C30H23ClN2O7S2/c1-19(34)32-22-10-12-23(13-11-22)42(37,38)40-27-14-9-20(17-25(27)31)18-28-29(35)33(30(36)41-28)15-16-39-26-8-4-6-21-5-2-3-7-24(21)26/h2-14,17-18H,15-16H2,1H3,(H,32,34)/b28-18-. The Labute approximate surface area is 251 Å². The molecule has 0 aromatic heterocycles. The van der Waals surface area contributed by atoms with E-state index in [0.29, 0.717) is 17.0 Å². The number of fused-ring (bicyclic) bond motifs is 1. The second-order valence-electron chi connectivity index (χ2n) is 9.09. The second kappa shape index (κ2) is 12.3. The fraction of sp³-hybridized carbons (Fsp3) is 0.100. The number of nitrogens with zero attached hydrogens (tertiary/aromatic N) is 1. The number of hydrogen-bond donors (Lipinski definition) is 1. The lowest BCUT2D eigenvalue weighted by Gasteiger charge is -2.14. The normalized spacial score (nSPS) is 14.4. The van der Waals surface area contributed by atoms with Crippen LogP contribution >= 0.6 is 23.4 Å². The number of amides is 3. The third-order valence-corrected chi connectivity index (χ3v) is 8.56. The van der Waals surface area contributed by atoms with E-state index in [2.05, 4.69) is 5.32 Å². The van der Waals surface area contributed by atoms with Crippen LogP contribution in [-0.2, 0) is 19.7 Å². The number of benzene rings is 4. The van der Waals surface area contributed by atoms with Gasteiger partial charge in [0.25, 0.3) is 11.1 Å². The van der Waals surface area contributed by atoms with Gasteiger partial charge in [-0.25, -0.2) is 0 Å². The SMILES string of the molecule is CC(=O)Nc1ccc(S(=O)(=O)Oc2ccc(/C=C3\SC(=O)N(CCOc4cccc5ccccc45)C3=O)cc2Cl)cc1. The Morgan fingerprint density at radius 2 is 1.71 bits per heavy atom. The number of hydrogen-bond acceptors (Lipinski definition) is 8. The van der Waals surface area contributed by atoms with Crippen LogP contribution in [0.15, 0.2) is 94.7 Å². The molecule has 12 heteroatoms. The minimum Gasteiger partial charge on any atom is -0.491 e. The Bertz CT molecular complexity index is 1840. The lowest BCUT2D eigenvalue weighted by molar-refractivity contribution is -0.123. The molecule has 1 N–H and O–H groups in total. The predicted molar refractivity (Wildman–Crippen MR) is 162 cm³/mol. The number of thioether (sulfide) groups is 1. The van der Waals surface area contributed by atoms with Crippen molar-refractivity contribution in [2.24, 2.45) is 0 Å². The molecule has 0 spiro atoms. The van der Waals surface area contributed by atoms with Crippen LogP contribution in [0.3, 0.4) is 0 Å². The fourth-order valence-electron chi connectivity index (χ4n) is 4.16. The molecule has 1 aliphatic heterocycles. The summed E-state index contributed by atoms with van der Waals surface area (Å²) in [4.78, 5) is 37.9. The van der Waals surface area contributed by atoms with Crippen LogP contribution in [0.2, 0.25) is 5.02 Å². The third kappa shape index (κ3) is 6.59. The third-order valence-electron chi connectivity index (χ3n) is 6.11. The Morgan fingerprint density at radius 1 is 0.976 bits per heavy atom. The van der Waals surface area contributed by atoms with Crippen molar-refractivity contribution in [1.82, 2.24) is 4.90 Å². The number of nitrogens with one attached hydrogen (secondary N) is 1. The molecular weight excluding hydrogens is 600 g/mol. The zero-order chi connectivity index (χ0) is 29.9. The quantitative estimate of drug-likeness (QED) is 0.170. The Balaban J connectivity index is 1.23. The molecule has 3 amide bonds. The molecule has 1 fully saturated rings. The van der Waals surface area contributed by atoms with E-state index >= 15 is 0 Å². The summed E-state index contributed by atoms with van der Waals surface area (Å²) in [5.41, 5.74) is 0.910. The van der Waals surface area contributed by atoms with Crippen molar-refractivity contribution in [3.05, 3.63) is 100 Å². The van der Waals surface area contributed by atoms with Crippen LogP contribution in [-0.4, -0.2) is 43.5 Å². The highest BCUT2D eigenvalue weighted by atomic mass is 35.5. The van der Waals surface area contributed by atoms with Crippen molar-refractivity contribution in [3.63, 3.8) is 0 Å². The lowest BCUT2D eigenvalue weighted by Crippen LogP contribution is -2.32. The maximum atomic E-state index is 13.0. The summed E-state index contributed by atoms with van der Waals surface area (Å²) < 4.78 is 36.5. The van der Waals surface area contributed by atoms with E-state index in [1.165, 1.54) is 55.5 Å². The van der Waals surface area contributed by atoms with Crippen molar-refractivity contribution in [2.75, 3.05) is 18.5 Å². The number of anilines is 1. The lowest BCUT2D eigenvalue weighted by atomic mass is 10.1. The molecule has 0 saturated carbocycles. The molecule has 4 aromatic carbocycles. The minimum atomic E-state index is -4.21. The Morgan fingerprint density at radius 3 is 2.45 bits per heavy atom. The number of halogens is 1. The first-order chi connectivity index (χ1) is 20.1. The van der Waals surface area contributed by atoms with Crippen LogP contribution in [0.5, 0.6) is 11.5 Å². The maximum absolute atomic E-state index is 13.0. The molecule has 9 nitrogen and oxygen atoms in total. The van der Waals surface area contributed by atoms with Gasteiger partial charge in [-0.3, -0.25) is 19.3 Å². The molecule has 1 saturated heterocycles. The Hall–Kier alpha value is -4.32. The molecule has 42 heavy (non-hydrogen) atoms. The average Bonchev–Trinajstić information content (AvgIpc) is 3.22. The number of rotatable bonds is 9. The zero-order valence-electron chi connectivity index (χ0n) is 22.1. The minimum absolute atomic E-state index is 0.00934. The summed E-state index contributed by atoms with van der Waals surface area (Å²) in [7, 11) is -4.21. The van der Waals surface area contributed by atoms with Gasteiger partial charge in [-0.1, -0.05) is 54.1 Å². The molecule has 214 valence electrons. The summed E-state index contributed by atoms with van der Waals surface area (Å²) >= 11 is 7.10. The van der Waals surface area contributed by atoms with Crippen molar-refractivity contribution >= 4 is 73.1 Å². The number of carbonyl (C=O) groups is 3. The van der Waals surface area contributed by atoms with Crippen LogP contribution in [0.4, 0.5) is 10.5 Å². The monoisotopic (exact) mass is 622 g/mol. The van der Waals surface area contributed by atoms with Gasteiger partial charge in [-0.05, 0) is 71.3 Å². The van der Waals surface area contributed by atoms with Gasteiger partial charge in [0.2, 0.25) is 5.91 Å². The fourth-order valence-corrected chi connectivity index (χ4v) is 6.25. The largest absolute Gasteiger partial charge is 0.491 e. The first-order valence-corrected chi connectivity index (χ1v) is 15.2. The van der Waals surface area contributed by atoms with E-state index in [1.807, 2.05) is 42.5 Å². The highest BCUT2D eigenvalue weighted by molar-refractivity contribution is 8.18. The van der Waals surface area contributed by atoms with E-state index in [9.17, 15) is 22.8 Å². The van der Waals surface area contributed by atoms with Crippen LogP contribution < -0.4 is 14.2 Å². The van der Waals surface area contributed by atoms with Gasteiger partial charge in [0.1, 0.15) is 17.3 Å². The van der Waals surface area contributed by atoms with Gasteiger partial charge in [0.15, 0.2) is 5.75 Å². The molecule has 0 unspecified atom stereocenters. The van der Waals surface area contributed by atoms with E-state index in [0.717, 1.165) is 27.4 Å². The van der Waals surface area contributed by atoms with Crippen LogP contribution in [0.25, 0.3) is 16.8 Å². The summed E-state index contributed by atoms with van der Waals surface area (Å²) in [6, 6.07) is 23.2. The number of ether oxygens (including phenoxy) is 1. The summed E-state index contributed by atoms with van der Waals surface area (Å²) in [6.07, 6.45) is 1.50. The average molecular weight is 623 g/mol. The van der Waals surface area contributed by atoms with Crippen molar-refractivity contribution in [3.8, 4) is 11.5 Å². The van der Waals surface area contributed by atoms with E-state index in [-0.39, 0.29) is 39.6 Å². The Kier molecular flexibility index (Phi) is 8.53. The molecule has 0 aliphatic carbocycles. The van der Waals surface area contributed by atoms with Crippen LogP contribution in [0, 0.1) is 0 Å². The summed E-state index contributed by atoms with van der Waals surface area (Å²) in [6.45, 7) is 1.54. The van der Waals surface area contributed by atoms with Gasteiger partial charge in [0.05, 0.1) is 16.5 Å². The smallest absolute Gasteiger partial charge is 0.339 e. The van der Waals surface area contributed by atoms with Crippen molar-refractivity contribution in [2.45, 2.75) is 11.8 Å². The second-order valence-corrected chi connectivity index (χ2v) is 12.0. The molecule has 0 radical (unpaired) electrons. The molecule has 0 atom stereocenters. The zero-order valence-corrected chi connectivity index (χ0v) is 24.5. The highest BCUT2D eigenvalue weighted by Crippen LogP contribution is 2.35. The van der Waals surface area contributed by atoms with Gasteiger partial charge < -0.3 is 14.2 Å². The van der Waals surface area contributed by atoms with Gasteiger partial charge >= 0.3 is 10.1 Å². The summed E-state index contributed by atoms with van der Waals surface area (Å²) in [5.74, 6) is -0.201. The van der Waals surface area contributed by atoms with Crippen molar-refractivity contribution < 1.29 is 31.7 Å². The van der Waals surface area contributed by atoms with E-state index in [4.69, 9.17) is 20.5 Å². The van der Waals surface area contributed by atoms with Crippen molar-refractivity contribution in [1.29, 1.82) is 0 Å². The molecule has 0 bridgehead atoms. The number of imide groups is 1. The first kappa shape index (κ1) is 29.2. The molecule has 1 aliphatic rings. The first-order valence-electron chi connectivity index (χ1n) is 12.6. The van der Waals surface area contributed by atoms with Crippen LogP contribution in [0.1, 0.15) is 12.5 Å². The van der Waals surface area contributed by atoms with E-state index < -0.39 is 21.3 Å². The summed E-state index contributed by atoms with van der Waals surface area (Å²) in [5, 5.41) is 4.08. The van der Waals surface area contributed by atoms with E-state index in [1.54, 1.807) is 0 Å². The predicted octanol–water partition coefficient (Wildman–Crippen LogP) is 6.33. The topological polar surface area (TPSA) is 119 Å². The highest BCUT2D eigenvalue weighted by Gasteiger charge is 2.35. The maximum Gasteiger partial charge on any atom is 0.339 e. The molecule has 5 rings (SSSR count). The van der Waals surface area contributed by atoms with Gasteiger partial charge in [-0.15, -0.1) is 0 Å². The molecular formula is C30H23ClN2O7S2. The van der Waals surface area contributed by atoms with Gasteiger partial charge in [0, 0.05) is 18.0 Å². The molecule has 4 aromatic rings.